The van der Waals surface area contributed by atoms with Crippen molar-refractivity contribution in [2.24, 2.45) is 4.99 Å². The number of nitrogens with zero attached hydrogens (tertiary/aromatic N) is 1. The Morgan fingerprint density at radius 2 is 1.93 bits per heavy atom. The number of phenolic OH excluding ortho intramolecular Hbond substituents is 1. The summed E-state index contributed by atoms with van der Waals surface area (Å²) in [7, 11) is 1.57. The summed E-state index contributed by atoms with van der Waals surface area (Å²) in [4.78, 5) is 5.11. The minimum absolute atomic E-state index is 0.0514. The van der Waals surface area contributed by atoms with Crippen LogP contribution in [0.15, 0.2) is 47.5 Å². The summed E-state index contributed by atoms with van der Waals surface area (Å²) in [6.45, 7) is 4.37. The van der Waals surface area contributed by atoms with Crippen LogP contribution in [0.3, 0.4) is 0 Å². The molecule has 0 bridgehead atoms. The van der Waals surface area contributed by atoms with E-state index in [9.17, 15) is 5.11 Å². The summed E-state index contributed by atoms with van der Waals surface area (Å²) < 4.78 is 5.32. The van der Waals surface area contributed by atoms with Crippen LogP contribution in [0.4, 0.5) is 0 Å². The van der Waals surface area contributed by atoms with E-state index in [1.807, 2.05) is 36.4 Å². The lowest BCUT2D eigenvalue weighted by molar-refractivity contribution is 0.275. The maximum atomic E-state index is 10.7. The Labute approximate surface area is 179 Å². The normalized spacial score (nSPS) is 21.7. The van der Waals surface area contributed by atoms with Gasteiger partial charge in [-0.1, -0.05) is 62.1 Å². The Hall–Kier alpha value is -2.04. The minimum atomic E-state index is -0.388. The van der Waals surface area contributed by atoms with Crippen LogP contribution in [0.5, 0.6) is 11.5 Å². The standard InChI is InChI=1S/C24H31ClN2O2/c1-4-5-6-7-15-24(2)26-20(17-11-13-18(25)14-12-17)16-21(27-24)19-9-8-10-22(29-3)23(19)28/h8-14,21,27-28H,4-7,15-16H2,1-3H3. The molecule has 29 heavy (non-hydrogen) atoms. The molecule has 1 heterocycles. The molecule has 1 aliphatic heterocycles. The topological polar surface area (TPSA) is 53.9 Å². The van der Waals surface area contributed by atoms with Crippen molar-refractivity contribution in [3.63, 3.8) is 0 Å². The molecule has 1 aliphatic rings. The van der Waals surface area contributed by atoms with Gasteiger partial charge in [-0.3, -0.25) is 10.3 Å². The number of unbranched alkanes of at least 4 members (excludes halogenated alkanes) is 3. The van der Waals surface area contributed by atoms with E-state index < -0.39 is 0 Å². The molecule has 3 rings (SSSR count). The average molecular weight is 415 g/mol. The second-order valence-electron chi connectivity index (χ2n) is 7.95. The number of rotatable bonds is 8. The highest BCUT2D eigenvalue weighted by Gasteiger charge is 2.34. The molecule has 0 fully saturated rings. The molecule has 0 saturated heterocycles. The molecular weight excluding hydrogens is 384 g/mol. The van der Waals surface area contributed by atoms with Gasteiger partial charge in [0, 0.05) is 28.8 Å². The number of phenols is 1. The van der Waals surface area contributed by atoms with Gasteiger partial charge >= 0.3 is 0 Å². The van der Waals surface area contributed by atoms with Crippen LogP contribution in [0.2, 0.25) is 5.02 Å². The Morgan fingerprint density at radius 1 is 1.17 bits per heavy atom. The van der Waals surface area contributed by atoms with Crippen LogP contribution in [0.25, 0.3) is 0 Å². The summed E-state index contributed by atoms with van der Waals surface area (Å²) >= 11 is 6.08. The van der Waals surface area contributed by atoms with Crippen LogP contribution in [-0.4, -0.2) is 23.6 Å². The van der Waals surface area contributed by atoms with Gasteiger partial charge in [-0.2, -0.15) is 0 Å². The Bertz CT molecular complexity index is 850. The molecule has 0 spiro atoms. The predicted octanol–water partition coefficient (Wildman–Crippen LogP) is 6.26. The summed E-state index contributed by atoms with van der Waals surface area (Å²) in [6, 6.07) is 13.4. The first-order chi connectivity index (χ1) is 14.0. The molecule has 2 atom stereocenters. The van der Waals surface area contributed by atoms with Crippen LogP contribution < -0.4 is 10.1 Å². The highest BCUT2D eigenvalue weighted by Crippen LogP contribution is 2.39. The number of para-hydroxylation sites is 1. The number of aromatic hydroxyl groups is 1. The molecule has 0 aromatic heterocycles. The lowest BCUT2D eigenvalue weighted by Crippen LogP contribution is -2.47. The summed E-state index contributed by atoms with van der Waals surface area (Å²) in [5.74, 6) is 0.683. The first-order valence-electron chi connectivity index (χ1n) is 10.4. The summed E-state index contributed by atoms with van der Waals surface area (Å²) in [5.41, 5.74) is 2.56. The molecular formula is C24H31ClN2O2. The maximum Gasteiger partial charge on any atom is 0.162 e. The zero-order valence-electron chi connectivity index (χ0n) is 17.5. The number of benzene rings is 2. The fraction of sp³-hybridized carbons (Fsp3) is 0.458. The molecule has 2 unspecified atom stereocenters. The van der Waals surface area contributed by atoms with E-state index in [1.54, 1.807) is 13.2 Å². The zero-order valence-corrected chi connectivity index (χ0v) is 18.3. The number of nitrogens with one attached hydrogen (secondary N) is 1. The number of hydrogen-bond donors (Lipinski definition) is 2. The lowest BCUT2D eigenvalue weighted by Gasteiger charge is -2.38. The third-order valence-electron chi connectivity index (χ3n) is 5.58. The number of methoxy groups -OCH3 is 1. The first kappa shape index (κ1) is 21.7. The van der Waals surface area contributed by atoms with E-state index >= 15 is 0 Å². The van der Waals surface area contributed by atoms with E-state index in [1.165, 1.54) is 19.3 Å². The van der Waals surface area contributed by atoms with Crippen molar-refractivity contribution >= 4 is 17.3 Å². The van der Waals surface area contributed by atoms with Gasteiger partial charge < -0.3 is 9.84 Å². The van der Waals surface area contributed by atoms with Gasteiger partial charge in [0.15, 0.2) is 11.5 Å². The zero-order chi connectivity index (χ0) is 20.9. The van der Waals surface area contributed by atoms with Gasteiger partial charge in [0.1, 0.15) is 5.66 Å². The Balaban J connectivity index is 1.93. The van der Waals surface area contributed by atoms with Crippen molar-refractivity contribution in [3.05, 3.63) is 58.6 Å². The summed E-state index contributed by atoms with van der Waals surface area (Å²) in [5, 5.41) is 15.1. The highest BCUT2D eigenvalue weighted by atomic mass is 35.5. The van der Waals surface area contributed by atoms with Gasteiger partial charge in [0.2, 0.25) is 0 Å². The maximum absolute atomic E-state index is 10.7. The Kier molecular flexibility index (Phi) is 7.20. The van der Waals surface area contributed by atoms with Gasteiger partial charge in [-0.05, 0) is 43.5 Å². The number of ether oxygens (including phenoxy) is 1. The van der Waals surface area contributed by atoms with E-state index in [2.05, 4.69) is 19.2 Å². The molecule has 0 radical (unpaired) electrons. The van der Waals surface area contributed by atoms with Crippen molar-refractivity contribution in [1.29, 1.82) is 0 Å². The molecule has 0 amide bonds. The van der Waals surface area contributed by atoms with Crippen molar-refractivity contribution in [2.75, 3.05) is 7.11 Å². The third-order valence-corrected chi connectivity index (χ3v) is 5.84. The Morgan fingerprint density at radius 3 is 2.62 bits per heavy atom. The smallest absolute Gasteiger partial charge is 0.162 e. The minimum Gasteiger partial charge on any atom is -0.504 e. The molecule has 156 valence electrons. The van der Waals surface area contributed by atoms with E-state index in [-0.39, 0.29) is 17.5 Å². The van der Waals surface area contributed by atoms with Gasteiger partial charge in [-0.15, -0.1) is 0 Å². The molecule has 5 heteroatoms. The van der Waals surface area contributed by atoms with E-state index in [0.29, 0.717) is 17.2 Å². The van der Waals surface area contributed by atoms with E-state index in [0.717, 1.165) is 29.7 Å². The lowest BCUT2D eigenvalue weighted by atomic mass is 9.90. The molecule has 4 nitrogen and oxygen atoms in total. The molecule has 2 aromatic carbocycles. The van der Waals surface area contributed by atoms with Crippen molar-refractivity contribution in [3.8, 4) is 11.5 Å². The molecule has 0 aliphatic carbocycles. The first-order valence-corrected chi connectivity index (χ1v) is 10.8. The molecule has 2 N–H and O–H groups in total. The SMILES string of the molecule is CCCCCCC1(C)N=C(c2ccc(Cl)cc2)CC(c2cccc(OC)c2O)N1. The van der Waals surface area contributed by atoms with Gasteiger partial charge in [0.25, 0.3) is 0 Å². The van der Waals surface area contributed by atoms with Crippen molar-refractivity contribution in [1.82, 2.24) is 5.32 Å². The number of halogens is 1. The monoisotopic (exact) mass is 414 g/mol. The fourth-order valence-corrected chi connectivity index (χ4v) is 4.14. The van der Waals surface area contributed by atoms with Gasteiger partial charge in [0.05, 0.1) is 7.11 Å². The van der Waals surface area contributed by atoms with E-state index in [4.69, 9.17) is 21.3 Å². The third kappa shape index (κ3) is 5.31. The quantitative estimate of drug-likeness (QED) is 0.501. The van der Waals surface area contributed by atoms with Crippen molar-refractivity contribution in [2.45, 2.75) is 64.1 Å². The second-order valence-corrected chi connectivity index (χ2v) is 8.39. The average Bonchev–Trinajstić information content (AvgIpc) is 2.71. The van der Waals surface area contributed by atoms with Crippen molar-refractivity contribution < 1.29 is 9.84 Å². The largest absolute Gasteiger partial charge is 0.504 e. The second kappa shape index (κ2) is 9.64. The molecule has 0 saturated carbocycles. The van der Waals surface area contributed by atoms with Crippen LogP contribution in [-0.2, 0) is 0 Å². The number of aliphatic imine (C=N–C) groups is 1. The predicted molar refractivity (Wildman–Crippen MR) is 120 cm³/mol. The van der Waals surface area contributed by atoms with Gasteiger partial charge in [-0.25, -0.2) is 0 Å². The van der Waals surface area contributed by atoms with Crippen LogP contribution in [0, 0.1) is 0 Å². The highest BCUT2D eigenvalue weighted by molar-refractivity contribution is 6.30. The van der Waals surface area contributed by atoms with Crippen LogP contribution in [0.1, 0.15) is 69.5 Å². The summed E-state index contributed by atoms with van der Waals surface area (Å²) in [6.07, 6.45) is 6.41. The molecule has 2 aromatic rings. The number of hydrogen-bond acceptors (Lipinski definition) is 4. The fourth-order valence-electron chi connectivity index (χ4n) is 4.02. The van der Waals surface area contributed by atoms with Crippen LogP contribution >= 0.6 is 11.6 Å².